The van der Waals surface area contributed by atoms with Crippen molar-refractivity contribution in [3.05, 3.63) is 64.5 Å². The lowest BCUT2D eigenvalue weighted by molar-refractivity contribution is 0.0508. The van der Waals surface area contributed by atoms with Crippen LogP contribution in [0.15, 0.2) is 36.4 Å². The van der Waals surface area contributed by atoms with Gasteiger partial charge >= 0.3 is 0 Å². The second-order valence-electron chi connectivity index (χ2n) is 5.70. The molecule has 0 spiro atoms. The molecule has 2 aromatic carbocycles. The highest BCUT2D eigenvalue weighted by molar-refractivity contribution is 5.41. The van der Waals surface area contributed by atoms with Crippen LogP contribution >= 0.6 is 0 Å². The number of halogens is 1. The van der Waals surface area contributed by atoms with E-state index in [4.69, 9.17) is 4.74 Å². The van der Waals surface area contributed by atoms with Crippen LogP contribution in [-0.2, 0) is 12.0 Å². The summed E-state index contributed by atoms with van der Waals surface area (Å²) in [7, 11) is 1.48. The van der Waals surface area contributed by atoms with E-state index in [1.54, 1.807) is 19.1 Å². The third-order valence-electron chi connectivity index (χ3n) is 3.77. The lowest BCUT2D eigenvalue weighted by Gasteiger charge is -2.27. The van der Waals surface area contributed by atoms with Gasteiger partial charge in [0, 0.05) is 6.42 Å². The Bertz CT molecular complexity index is 648. The molecule has 1 unspecified atom stereocenters. The molecule has 0 aliphatic heterocycles. The summed E-state index contributed by atoms with van der Waals surface area (Å²) in [5, 5.41) is 10.8. The van der Waals surface area contributed by atoms with Gasteiger partial charge in [0.15, 0.2) is 0 Å². The minimum atomic E-state index is -1.34. The number of hydrogen-bond acceptors (Lipinski definition) is 2. The number of benzene rings is 2. The molecule has 1 atom stereocenters. The highest BCUT2D eigenvalue weighted by Crippen LogP contribution is 2.35. The number of ether oxygens (including phenoxy) is 1. The van der Waals surface area contributed by atoms with Gasteiger partial charge in [0.25, 0.3) is 0 Å². The highest BCUT2D eigenvalue weighted by Gasteiger charge is 2.31. The Kier molecular flexibility index (Phi) is 4.33. The van der Waals surface area contributed by atoms with Gasteiger partial charge in [-0.3, -0.25) is 0 Å². The average Bonchev–Trinajstić information content (AvgIpc) is 2.42. The molecule has 1 N–H and O–H groups in total. The Balaban J connectivity index is 2.45. The third-order valence-corrected chi connectivity index (χ3v) is 3.77. The van der Waals surface area contributed by atoms with Crippen molar-refractivity contribution < 1.29 is 14.2 Å². The van der Waals surface area contributed by atoms with E-state index in [-0.39, 0.29) is 5.56 Å². The van der Waals surface area contributed by atoms with Crippen LogP contribution in [0.25, 0.3) is 0 Å². The number of aryl methyl sites for hydroxylation is 2. The molecule has 2 aromatic rings. The van der Waals surface area contributed by atoms with Crippen molar-refractivity contribution in [1.82, 2.24) is 0 Å². The van der Waals surface area contributed by atoms with Crippen molar-refractivity contribution in [3.63, 3.8) is 0 Å². The van der Waals surface area contributed by atoms with Crippen LogP contribution in [0.3, 0.4) is 0 Å². The topological polar surface area (TPSA) is 29.5 Å². The molecule has 0 aromatic heterocycles. The first kappa shape index (κ1) is 15.5. The molecule has 0 radical (unpaired) electrons. The second-order valence-corrected chi connectivity index (χ2v) is 5.70. The van der Waals surface area contributed by atoms with Gasteiger partial charge in [0.05, 0.1) is 18.3 Å². The Hall–Kier alpha value is -1.87. The second kappa shape index (κ2) is 5.86. The smallest absolute Gasteiger partial charge is 0.133 e. The van der Waals surface area contributed by atoms with Crippen molar-refractivity contribution in [2.24, 2.45) is 0 Å². The van der Waals surface area contributed by atoms with Gasteiger partial charge in [-0.15, -0.1) is 0 Å². The monoisotopic (exact) mass is 288 g/mol. The third kappa shape index (κ3) is 3.24. The average molecular weight is 288 g/mol. The van der Waals surface area contributed by atoms with Gasteiger partial charge in [-0.2, -0.15) is 0 Å². The van der Waals surface area contributed by atoms with Gasteiger partial charge in [-0.25, -0.2) is 4.39 Å². The molecule has 0 heterocycles. The maximum absolute atomic E-state index is 14.2. The van der Waals surface area contributed by atoms with E-state index < -0.39 is 11.4 Å². The van der Waals surface area contributed by atoms with E-state index in [1.807, 2.05) is 32.0 Å². The van der Waals surface area contributed by atoms with Gasteiger partial charge in [-0.05, 0) is 44.0 Å². The van der Waals surface area contributed by atoms with E-state index in [2.05, 4.69) is 0 Å². The Morgan fingerprint density at radius 1 is 1.19 bits per heavy atom. The number of aliphatic hydroxyl groups is 1. The van der Waals surface area contributed by atoms with Crippen LogP contribution in [0.4, 0.5) is 4.39 Å². The first-order valence-corrected chi connectivity index (χ1v) is 6.96. The molecule has 112 valence electrons. The number of hydrogen-bond donors (Lipinski definition) is 1. The number of rotatable bonds is 4. The molecule has 0 saturated carbocycles. The van der Waals surface area contributed by atoms with Crippen molar-refractivity contribution in [3.8, 4) is 5.75 Å². The summed E-state index contributed by atoms with van der Waals surface area (Å²) in [6.45, 7) is 5.61. The van der Waals surface area contributed by atoms with Gasteiger partial charge in [0.2, 0.25) is 0 Å². The predicted octanol–water partition coefficient (Wildman–Crippen LogP) is 3.90. The standard InChI is InChI=1S/C18H21FO2/c1-12-8-9-13(2)14(10-12)11-18(3,20)17-15(19)6-5-7-16(17)21-4/h5-10,20H,11H2,1-4H3. The number of methoxy groups -OCH3 is 1. The van der Waals surface area contributed by atoms with Crippen LogP contribution in [-0.4, -0.2) is 12.2 Å². The molecule has 0 aliphatic rings. The normalized spacial score (nSPS) is 13.8. The lowest BCUT2D eigenvalue weighted by atomic mass is 9.86. The van der Waals surface area contributed by atoms with Gasteiger partial charge in [-0.1, -0.05) is 29.8 Å². The quantitative estimate of drug-likeness (QED) is 0.924. The molecular formula is C18H21FO2. The molecule has 0 amide bonds. The zero-order chi connectivity index (χ0) is 15.6. The minimum absolute atomic E-state index is 0.202. The Labute approximate surface area is 125 Å². The molecule has 2 rings (SSSR count). The molecule has 0 saturated heterocycles. The minimum Gasteiger partial charge on any atom is -0.496 e. The summed E-state index contributed by atoms with van der Waals surface area (Å²) >= 11 is 0. The van der Waals surface area contributed by atoms with Crippen LogP contribution in [0.1, 0.15) is 29.2 Å². The van der Waals surface area contributed by atoms with E-state index >= 15 is 0 Å². The molecular weight excluding hydrogens is 267 g/mol. The van der Waals surface area contributed by atoms with Crippen molar-refractivity contribution in [1.29, 1.82) is 0 Å². The van der Waals surface area contributed by atoms with Crippen LogP contribution in [0, 0.1) is 19.7 Å². The summed E-state index contributed by atoms with van der Waals surface area (Å²) in [6.07, 6.45) is 0.331. The zero-order valence-corrected chi connectivity index (χ0v) is 12.9. The van der Waals surface area contributed by atoms with Crippen molar-refractivity contribution in [2.45, 2.75) is 32.8 Å². The fourth-order valence-corrected chi connectivity index (χ4v) is 2.65. The summed E-state index contributed by atoms with van der Waals surface area (Å²) in [5.74, 6) is -0.0880. The van der Waals surface area contributed by atoms with E-state index in [0.717, 1.165) is 16.7 Å². The molecule has 0 fully saturated rings. The van der Waals surface area contributed by atoms with Crippen LogP contribution in [0.2, 0.25) is 0 Å². The van der Waals surface area contributed by atoms with E-state index in [1.165, 1.54) is 13.2 Å². The Morgan fingerprint density at radius 2 is 1.90 bits per heavy atom. The summed E-state index contributed by atoms with van der Waals surface area (Å²) in [6, 6.07) is 10.6. The van der Waals surface area contributed by atoms with Crippen molar-refractivity contribution in [2.75, 3.05) is 7.11 Å². The first-order chi connectivity index (χ1) is 9.85. The fourth-order valence-electron chi connectivity index (χ4n) is 2.65. The zero-order valence-electron chi connectivity index (χ0n) is 12.9. The molecule has 2 nitrogen and oxygen atoms in total. The summed E-state index contributed by atoms with van der Waals surface area (Å²) in [4.78, 5) is 0. The molecule has 0 bridgehead atoms. The van der Waals surface area contributed by atoms with Crippen LogP contribution in [0.5, 0.6) is 5.75 Å². The molecule has 21 heavy (non-hydrogen) atoms. The summed E-state index contributed by atoms with van der Waals surface area (Å²) in [5.41, 5.74) is 2.07. The Morgan fingerprint density at radius 3 is 2.57 bits per heavy atom. The van der Waals surface area contributed by atoms with E-state index in [9.17, 15) is 9.50 Å². The highest BCUT2D eigenvalue weighted by atomic mass is 19.1. The predicted molar refractivity (Wildman–Crippen MR) is 82.1 cm³/mol. The fraction of sp³-hybridized carbons (Fsp3) is 0.333. The van der Waals surface area contributed by atoms with E-state index in [0.29, 0.717) is 12.2 Å². The van der Waals surface area contributed by atoms with Crippen LogP contribution < -0.4 is 4.74 Å². The molecule has 3 heteroatoms. The SMILES string of the molecule is COc1cccc(F)c1C(C)(O)Cc1cc(C)ccc1C. The van der Waals surface area contributed by atoms with Crippen molar-refractivity contribution >= 4 is 0 Å². The van der Waals surface area contributed by atoms with Gasteiger partial charge < -0.3 is 9.84 Å². The largest absolute Gasteiger partial charge is 0.496 e. The lowest BCUT2D eigenvalue weighted by Crippen LogP contribution is -2.27. The first-order valence-electron chi connectivity index (χ1n) is 6.96. The maximum Gasteiger partial charge on any atom is 0.133 e. The maximum atomic E-state index is 14.2. The van der Waals surface area contributed by atoms with Gasteiger partial charge in [0.1, 0.15) is 11.6 Å². The molecule has 0 aliphatic carbocycles. The summed E-state index contributed by atoms with van der Waals surface area (Å²) < 4.78 is 19.4.